The number of ether oxygens (including phenoxy) is 3. The lowest BCUT2D eigenvalue weighted by atomic mass is 9.99. The molecule has 0 amide bonds. The molecule has 1 saturated heterocycles. The van der Waals surface area contributed by atoms with Gasteiger partial charge in [0.1, 0.15) is 11.5 Å². The molecule has 32 heavy (non-hydrogen) atoms. The molecular formula is C26H32N2O4. The number of rotatable bonds is 8. The molecule has 1 fully saturated rings. The fraction of sp³-hybridized carbons (Fsp3) is 0.423. The van der Waals surface area contributed by atoms with E-state index in [4.69, 9.17) is 23.6 Å². The number of hydrogen-bond donors (Lipinski definition) is 0. The second-order valence-corrected chi connectivity index (χ2v) is 8.43. The average molecular weight is 437 g/mol. The Hall–Kier alpha value is -2.99. The number of benzene rings is 2. The highest BCUT2D eigenvalue weighted by atomic mass is 16.5. The van der Waals surface area contributed by atoms with Gasteiger partial charge in [-0.3, -0.25) is 4.90 Å². The topological polar surface area (TPSA) is 57.0 Å². The number of para-hydroxylation sites is 1. The number of piperidine rings is 1. The van der Waals surface area contributed by atoms with Crippen LogP contribution in [0.2, 0.25) is 0 Å². The molecule has 6 heteroatoms. The first-order valence-electron chi connectivity index (χ1n) is 11.2. The van der Waals surface area contributed by atoms with Gasteiger partial charge in [-0.15, -0.1) is 0 Å². The Morgan fingerprint density at radius 3 is 2.72 bits per heavy atom. The van der Waals surface area contributed by atoms with Crippen molar-refractivity contribution in [2.45, 2.75) is 33.2 Å². The van der Waals surface area contributed by atoms with Gasteiger partial charge in [0.15, 0.2) is 11.5 Å². The molecule has 0 N–H and O–H groups in total. The highest BCUT2D eigenvalue weighted by Gasteiger charge is 2.24. The van der Waals surface area contributed by atoms with E-state index in [1.54, 1.807) is 14.2 Å². The van der Waals surface area contributed by atoms with Gasteiger partial charge < -0.3 is 18.6 Å². The Bertz CT molecular complexity index is 1050. The van der Waals surface area contributed by atoms with E-state index >= 15 is 0 Å². The van der Waals surface area contributed by atoms with Gasteiger partial charge in [0, 0.05) is 19.0 Å². The lowest BCUT2D eigenvalue weighted by molar-refractivity contribution is 0.124. The standard InChI is InChI=1S/C26H32N2O4/c1-18-8-5-10-21(14-18)31-17-20-9-7-13-28(15-20)16-23-19(2)32-26(27-23)22-11-6-12-24(29-3)25(22)30-4/h5-6,8,10-12,14,20H,7,9,13,15-17H2,1-4H3/t20-/m1/s1. The summed E-state index contributed by atoms with van der Waals surface area (Å²) < 4.78 is 23.1. The first kappa shape index (κ1) is 22.2. The third-order valence-electron chi connectivity index (χ3n) is 5.98. The van der Waals surface area contributed by atoms with Crippen LogP contribution in [0.15, 0.2) is 46.9 Å². The van der Waals surface area contributed by atoms with Crippen LogP contribution in [0.5, 0.6) is 17.2 Å². The molecule has 170 valence electrons. The van der Waals surface area contributed by atoms with Crippen molar-refractivity contribution in [1.82, 2.24) is 9.88 Å². The fourth-order valence-electron chi connectivity index (χ4n) is 4.31. The van der Waals surface area contributed by atoms with Crippen molar-refractivity contribution in [3.8, 4) is 28.7 Å². The van der Waals surface area contributed by atoms with Gasteiger partial charge >= 0.3 is 0 Å². The number of aromatic nitrogens is 1. The Morgan fingerprint density at radius 1 is 1.09 bits per heavy atom. The summed E-state index contributed by atoms with van der Waals surface area (Å²) in [6.07, 6.45) is 2.35. The number of aryl methyl sites for hydroxylation is 2. The second kappa shape index (κ2) is 10.1. The molecule has 0 saturated carbocycles. The highest BCUT2D eigenvalue weighted by Crippen LogP contribution is 2.38. The van der Waals surface area contributed by atoms with Crippen LogP contribution in [0, 0.1) is 19.8 Å². The Labute approximate surface area is 190 Å². The minimum atomic E-state index is 0.509. The number of methoxy groups -OCH3 is 2. The summed E-state index contributed by atoms with van der Waals surface area (Å²) in [7, 11) is 3.26. The third kappa shape index (κ3) is 5.07. The fourth-order valence-corrected chi connectivity index (χ4v) is 4.31. The first-order valence-corrected chi connectivity index (χ1v) is 11.2. The molecule has 1 atom stereocenters. The summed E-state index contributed by atoms with van der Waals surface area (Å²) in [5, 5.41) is 0. The van der Waals surface area contributed by atoms with Crippen molar-refractivity contribution in [3.05, 3.63) is 59.5 Å². The molecule has 0 unspecified atom stereocenters. The Balaban J connectivity index is 1.42. The van der Waals surface area contributed by atoms with Crippen molar-refractivity contribution < 1.29 is 18.6 Å². The van der Waals surface area contributed by atoms with Crippen molar-refractivity contribution in [1.29, 1.82) is 0 Å². The Morgan fingerprint density at radius 2 is 1.94 bits per heavy atom. The summed E-state index contributed by atoms with van der Waals surface area (Å²) in [6.45, 7) is 7.62. The molecule has 0 bridgehead atoms. The number of likely N-dealkylation sites (tertiary alicyclic amines) is 1. The van der Waals surface area contributed by atoms with Gasteiger partial charge in [0.25, 0.3) is 0 Å². The zero-order valence-electron chi connectivity index (χ0n) is 19.4. The molecular weight excluding hydrogens is 404 g/mol. The summed E-state index contributed by atoms with van der Waals surface area (Å²) in [6, 6.07) is 14.0. The molecule has 0 aliphatic carbocycles. The molecule has 1 aliphatic heterocycles. The first-order chi connectivity index (χ1) is 15.6. The van der Waals surface area contributed by atoms with Crippen LogP contribution in [0.1, 0.15) is 29.9 Å². The molecule has 1 aromatic heterocycles. The monoisotopic (exact) mass is 436 g/mol. The van der Waals surface area contributed by atoms with Crippen LogP contribution in [-0.2, 0) is 6.54 Å². The van der Waals surface area contributed by atoms with Gasteiger partial charge in [0.05, 0.1) is 32.1 Å². The van der Waals surface area contributed by atoms with E-state index in [1.165, 1.54) is 12.0 Å². The molecule has 1 aliphatic rings. The minimum absolute atomic E-state index is 0.509. The predicted molar refractivity (Wildman–Crippen MR) is 124 cm³/mol. The van der Waals surface area contributed by atoms with E-state index in [2.05, 4.69) is 24.0 Å². The SMILES string of the molecule is COc1cccc(-c2nc(CN3CCC[C@@H](COc4cccc(C)c4)C3)c(C)o2)c1OC. The molecule has 2 aromatic carbocycles. The summed E-state index contributed by atoms with van der Waals surface area (Å²) >= 11 is 0. The third-order valence-corrected chi connectivity index (χ3v) is 5.98. The van der Waals surface area contributed by atoms with E-state index in [0.29, 0.717) is 23.3 Å². The van der Waals surface area contributed by atoms with E-state index in [1.807, 2.05) is 37.3 Å². The Kier molecular flexibility index (Phi) is 7.00. The number of oxazole rings is 1. The smallest absolute Gasteiger partial charge is 0.230 e. The maximum atomic E-state index is 6.07. The van der Waals surface area contributed by atoms with E-state index in [-0.39, 0.29) is 0 Å². The van der Waals surface area contributed by atoms with E-state index in [0.717, 1.165) is 55.4 Å². The van der Waals surface area contributed by atoms with Gasteiger partial charge in [-0.1, -0.05) is 18.2 Å². The zero-order chi connectivity index (χ0) is 22.5. The van der Waals surface area contributed by atoms with Crippen molar-refractivity contribution in [3.63, 3.8) is 0 Å². The minimum Gasteiger partial charge on any atom is -0.493 e. The molecule has 4 rings (SSSR count). The number of hydrogen-bond acceptors (Lipinski definition) is 6. The van der Waals surface area contributed by atoms with Gasteiger partial charge in [-0.05, 0) is 63.1 Å². The van der Waals surface area contributed by atoms with Gasteiger partial charge in [-0.25, -0.2) is 4.98 Å². The van der Waals surface area contributed by atoms with E-state index < -0.39 is 0 Å². The molecule has 0 spiro atoms. The number of nitrogens with zero attached hydrogens (tertiary/aromatic N) is 2. The maximum absolute atomic E-state index is 6.07. The summed E-state index contributed by atoms with van der Waals surface area (Å²) in [5.74, 6) is 4.15. The molecule has 0 radical (unpaired) electrons. The second-order valence-electron chi connectivity index (χ2n) is 8.43. The molecule has 2 heterocycles. The van der Waals surface area contributed by atoms with Crippen molar-refractivity contribution in [2.75, 3.05) is 33.9 Å². The lowest BCUT2D eigenvalue weighted by Crippen LogP contribution is -2.37. The van der Waals surface area contributed by atoms with Crippen LogP contribution >= 0.6 is 0 Å². The van der Waals surface area contributed by atoms with Gasteiger partial charge in [0.2, 0.25) is 5.89 Å². The summed E-state index contributed by atoms with van der Waals surface area (Å²) in [5.41, 5.74) is 2.98. The van der Waals surface area contributed by atoms with Crippen molar-refractivity contribution in [2.24, 2.45) is 5.92 Å². The van der Waals surface area contributed by atoms with Crippen molar-refractivity contribution >= 4 is 0 Å². The average Bonchev–Trinajstić information content (AvgIpc) is 3.17. The maximum Gasteiger partial charge on any atom is 0.230 e. The summed E-state index contributed by atoms with van der Waals surface area (Å²) in [4.78, 5) is 7.26. The predicted octanol–water partition coefficient (Wildman–Crippen LogP) is 5.27. The van der Waals surface area contributed by atoms with Crippen LogP contribution in [0.25, 0.3) is 11.5 Å². The van der Waals surface area contributed by atoms with Crippen LogP contribution in [0.3, 0.4) is 0 Å². The van der Waals surface area contributed by atoms with Gasteiger partial charge in [-0.2, -0.15) is 0 Å². The lowest BCUT2D eigenvalue weighted by Gasteiger charge is -2.32. The van der Waals surface area contributed by atoms with E-state index in [9.17, 15) is 0 Å². The van der Waals surface area contributed by atoms with Crippen LogP contribution < -0.4 is 14.2 Å². The largest absolute Gasteiger partial charge is 0.493 e. The molecule has 3 aromatic rings. The van der Waals surface area contributed by atoms with Crippen LogP contribution in [0.4, 0.5) is 0 Å². The quantitative estimate of drug-likeness (QED) is 0.480. The normalized spacial score (nSPS) is 16.7. The van der Waals surface area contributed by atoms with Crippen LogP contribution in [-0.4, -0.2) is 43.8 Å². The zero-order valence-corrected chi connectivity index (χ0v) is 19.4. The highest BCUT2D eigenvalue weighted by molar-refractivity contribution is 5.68. The molecule has 6 nitrogen and oxygen atoms in total.